The summed E-state index contributed by atoms with van der Waals surface area (Å²) in [4.78, 5) is 14.9. The Morgan fingerprint density at radius 1 is 1.12 bits per heavy atom. The maximum absolute atomic E-state index is 13.3. The van der Waals surface area contributed by atoms with E-state index in [-0.39, 0.29) is 23.6 Å². The molecule has 3 nitrogen and oxygen atoms in total. The minimum atomic E-state index is -4.74. The van der Waals surface area contributed by atoms with E-state index in [1.165, 1.54) is 31.4 Å². The molecule has 5 rings (SSSR count). The molecule has 6 heteroatoms. The van der Waals surface area contributed by atoms with Crippen molar-refractivity contribution in [1.29, 1.82) is 0 Å². The third kappa shape index (κ3) is 3.30. The zero-order chi connectivity index (χ0) is 18.5. The lowest BCUT2D eigenvalue weighted by molar-refractivity contribution is -0.275. The highest BCUT2D eigenvalue weighted by Crippen LogP contribution is 2.60. The molecule has 4 bridgehead atoms. The lowest BCUT2D eigenvalue weighted by atomic mass is 9.49. The summed E-state index contributed by atoms with van der Waals surface area (Å²) < 4.78 is 42.0. The first-order chi connectivity index (χ1) is 12.2. The van der Waals surface area contributed by atoms with E-state index in [2.05, 4.69) is 4.74 Å². The normalized spacial score (nSPS) is 32.5. The Morgan fingerprint density at radius 3 is 2.19 bits per heavy atom. The molecule has 26 heavy (non-hydrogen) atoms. The highest BCUT2D eigenvalue weighted by Gasteiger charge is 2.55. The molecule has 142 valence electrons. The molecule has 0 N–H and O–H groups in total. The van der Waals surface area contributed by atoms with Gasteiger partial charge in [0, 0.05) is 19.2 Å². The third-order valence-electron chi connectivity index (χ3n) is 6.44. The molecule has 1 aromatic carbocycles. The number of alkyl halides is 3. The zero-order valence-electron chi connectivity index (χ0n) is 14.9. The van der Waals surface area contributed by atoms with Crippen molar-refractivity contribution in [2.24, 2.45) is 23.2 Å². The van der Waals surface area contributed by atoms with Crippen LogP contribution in [0.4, 0.5) is 13.2 Å². The van der Waals surface area contributed by atoms with Crippen LogP contribution in [0.1, 0.15) is 44.1 Å². The van der Waals surface area contributed by atoms with Gasteiger partial charge in [-0.3, -0.25) is 4.79 Å². The molecule has 0 aliphatic heterocycles. The SMILES string of the molecule is CN(Cc1ccccc1OC(F)(F)F)C(=O)C12CC3CC(CC(C3)C1)C2. The fourth-order valence-electron chi connectivity index (χ4n) is 5.96. The Kier molecular flexibility index (Phi) is 4.20. The van der Waals surface area contributed by atoms with Gasteiger partial charge < -0.3 is 9.64 Å². The number of halogens is 3. The first-order valence-corrected chi connectivity index (χ1v) is 9.33. The van der Waals surface area contributed by atoms with Crippen molar-refractivity contribution in [1.82, 2.24) is 4.90 Å². The van der Waals surface area contributed by atoms with Gasteiger partial charge in [0.15, 0.2) is 0 Å². The van der Waals surface area contributed by atoms with Crippen molar-refractivity contribution in [3.05, 3.63) is 29.8 Å². The van der Waals surface area contributed by atoms with Crippen LogP contribution in [-0.2, 0) is 11.3 Å². The van der Waals surface area contributed by atoms with Crippen molar-refractivity contribution >= 4 is 5.91 Å². The summed E-state index contributed by atoms with van der Waals surface area (Å²) in [5.41, 5.74) is 0.0916. The van der Waals surface area contributed by atoms with Gasteiger partial charge in [-0.1, -0.05) is 18.2 Å². The fraction of sp³-hybridized carbons (Fsp3) is 0.650. The van der Waals surface area contributed by atoms with Gasteiger partial charge in [0.05, 0.1) is 5.41 Å². The maximum atomic E-state index is 13.3. The summed E-state index contributed by atoms with van der Waals surface area (Å²) in [5, 5.41) is 0. The van der Waals surface area contributed by atoms with Gasteiger partial charge in [0.1, 0.15) is 5.75 Å². The van der Waals surface area contributed by atoms with Crippen molar-refractivity contribution < 1.29 is 22.7 Å². The van der Waals surface area contributed by atoms with E-state index in [9.17, 15) is 18.0 Å². The summed E-state index contributed by atoms with van der Waals surface area (Å²) in [7, 11) is 1.70. The van der Waals surface area contributed by atoms with Gasteiger partial charge >= 0.3 is 6.36 Å². The number of para-hydroxylation sites is 1. The third-order valence-corrected chi connectivity index (χ3v) is 6.44. The maximum Gasteiger partial charge on any atom is 0.573 e. The van der Waals surface area contributed by atoms with Gasteiger partial charge in [-0.2, -0.15) is 0 Å². The standard InChI is InChI=1S/C20H24F3NO2/c1-24(12-16-4-2-3-5-17(16)26-20(21,22)23)18(25)19-9-13-6-14(10-19)8-15(7-13)11-19/h2-5,13-15H,6-12H2,1H3. The van der Waals surface area contributed by atoms with E-state index in [0.29, 0.717) is 23.3 Å². The van der Waals surface area contributed by atoms with Crippen molar-refractivity contribution in [3.8, 4) is 5.75 Å². The molecule has 0 unspecified atom stereocenters. The first kappa shape index (κ1) is 17.7. The minimum Gasteiger partial charge on any atom is -0.405 e. The van der Waals surface area contributed by atoms with Gasteiger partial charge in [0.25, 0.3) is 0 Å². The number of hydrogen-bond acceptors (Lipinski definition) is 2. The number of carbonyl (C=O) groups excluding carboxylic acids is 1. The number of carbonyl (C=O) groups is 1. The van der Waals surface area contributed by atoms with E-state index in [0.717, 1.165) is 19.3 Å². The molecule has 0 atom stereocenters. The Hall–Kier alpha value is -1.72. The van der Waals surface area contributed by atoms with Gasteiger partial charge in [-0.25, -0.2) is 0 Å². The molecule has 4 aliphatic carbocycles. The Labute approximate surface area is 151 Å². The average molecular weight is 367 g/mol. The fourth-order valence-corrected chi connectivity index (χ4v) is 5.96. The second-order valence-electron chi connectivity index (χ2n) is 8.51. The van der Waals surface area contributed by atoms with E-state index in [1.807, 2.05) is 0 Å². The lowest BCUT2D eigenvalue weighted by Crippen LogP contribution is -2.53. The van der Waals surface area contributed by atoms with Crippen LogP contribution < -0.4 is 4.74 Å². The first-order valence-electron chi connectivity index (χ1n) is 9.33. The largest absolute Gasteiger partial charge is 0.573 e. The van der Waals surface area contributed by atoms with E-state index < -0.39 is 6.36 Å². The van der Waals surface area contributed by atoms with Crippen molar-refractivity contribution in [3.63, 3.8) is 0 Å². The number of ether oxygens (including phenoxy) is 1. The van der Waals surface area contributed by atoms with Crippen LogP contribution in [0.5, 0.6) is 5.75 Å². The van der Waals surface area contributed by atoms with Crippen molar-refractivity contribution in [2.75, 3.05) is 7.05 Å². The van der Waals surface area contributed by atoms with Crippen LogP contribution in [0, 0.1) is 23.2 Å². The molecule has 0 radical (unpaired) electrons. The monoisotopic (exact) mass is 367 g/mol. The molecule has 4 aliphatic rings. The van der Waals surface area contributed by atoms with Crippen LogP contribution >= 0.6 is 0 Å². The van der Waals surface area contributed by atoms with Crippen LogP contribution in [0.25, 0.3) is 0 Å². The number of hydrogen-bond donors (Lipinski definition) is 0. The minimum absolute atomic E-state index is 0.0958. The van der Waals surface area contributed by atoms with Crippen molar-refractivity contribution in [2.45, 2.75) is 51.4 Å². The summed E-state index contributed by atoms with van der Waals surface area (Å²) in [6, 6.07) is 6.06. The predicted octanol–water partition coefficient (Wildman–Crippen LogP) is 4.76. The number of benzene rings is 1. The van der Waals surface area contributed by atoms with Gasteiger partial charge in [0.2, 0.25) is 5.91 Å². The highest BCUT2D eigenvalue weighted by molar-refractivity contribution is 5.83. The Balaban J connectivity index is 1.51. The number of rotatable bonds is 4. The average Bonchev–Trinajstić information content (AvgIpc) is 2.53. The molecule has 4 fully saturated rings. The number of amides is 1. The molecule has 0 heterocycles. The second kappa shape index (κ2) is 6.17. The summed E-state index contributed by atoms with van der Waals surface area (Å²) in [6.45, 7) is 0.132. The molecule has 1 amide bonds. The van der Waals surface area contributed by atoms with E-state index >= 15 is 0 Å². The van der Waals surface area contributed by atoms with Crippen LogP contribution in [0.15, 0.2) is 24.3 Å². The quantitative estimate of drug-likeness (QED) is 0.768. The van der Waals surface area contributed by atoms with E-state index in [1.54, 1.807) is 24.1 Å². The van der Waals surface area contributed by atoms with Crippen LogP contribution in [-0.4, -0.2) is 24.2 Å². The molecular weight excluding hydrogens is 343 g/mol. The van der Waals surface area contributed by atoms with E-state index in [4.69, 9.17) is 0 Å². The Morgan fingerprint density at radius 2 is 1.65 bits per heavy atom. The molecule has 0 spiro atoms. The number of nitrogens with zero attached hydrogens (tertiary/aromatic N) is 1. The smallest absolute Gasteiger partial charge is 0.405 e. The molecule has 0 saturated heterocycles. The summed E-state index contributed by atoms with van der Waals surface area (Å²) in [5.74, 6) is 1.82. The molecule has 0 aromatic heterocycles. The second-order valence-corrected chi connectivity index (χ2v) is 8.51. The molecule has 4 saturated carbocycles. The van der Waals surface area contributed by atoms with Crippen LogP contribution in [0.3, 0.4) is 0 Å². The summed E-state index contributed by atoms with van der Waals surface area (Å²) in [6.07, 6.45) is 1.85. The highest BCUT2D eigenvalue weighted by atomic mass is 19.4. The Bertz CT molecular complexity index is 665. The topological polar surface area (TPSA) is 29.5 Å². The lowest BCUT2D eigenvalue weighted by Gasteiger charge is -2.56. The zero-order valence-corrected chi connectivity index (χ0v) is 14.9. The van der Waals surface area contributed by atoms with Gasteiger partial charge in [-0.15, -0.1) is 13.2 Å². The predicted molar refractivity (Wildman–Crippen MR) is 90.2 cm³/mol. The summed E-state index contributed by atoms with van der Waals surface area (Å²) >= 11 is 0. The van der Waals surface area contributed by atoms with Crippen LogP contribution in [0.2, 0.25) is 0 Å². The molecular formula is C20H24F3NO2. The van der Waals surface area contributed by atoms with Gasteiger partial charge in [-0.05, 0) is 62.3 Å². The molecule has 1 aromatic rings.